The van der Waals surface area contributed by atoms with Gasteiger partial charge in [-0.3, -0.25) is 4.99 Å². The van der Waals surface area contributed by atoms with E-state index in [9.17, 15) is 0 Å². The van der Waals surface area contributed by atoms with E-state index in [1.165, 1.54) is 5.56 Å². The van der Waals surface area contributed by atoms with Crippen molar-refractivity contribution in [1.29, 1.82) is 0 Å². The Morgan fingerprint density at radius 2 is 2.08 bits per heavy atom. The second kappa shape index (κ2) is 3.60. The second-order valence-corrected chi connectivity index (χ2v) is 3.36. The van der Waals surface area contributed by atoms with Crippen molar-refractivity contribution in [2.24, 2.45) is 4.99 Å². The van der Waals surface area contributed by atoms with E-state index < -0.39 is 0 Å². The third-order valence-corrected chi connectivity index (χ3v) is 2.35. The molecule has 1 N–H and O–H groups in total. The Hall–Kier alpha value is -1.31. The van der Waals surface area contributed by atoms with Gasteiger partial charge < -0.3 is 5.32 Å². The average Bonchev–Trinajstić information content (AvgIpc) is 2.19. The molecule has 1 aliphatic rings. The molecule has 1 aliphatic heterocycles. The van der Waals surface area contributed by atoms with Crippen LogP contribution >= 0.6 is 0 Å². The molecule has 0 unspecified atom stereocenters. The van der Waals surface area contributed by atoms with Gasteiger partial charge in [0.1, 0.15) is 0 Å². The Balaban J connectivity index is 2.15. The lowest BCUT2D eigenvalue weighted by atomic mass is 10.0. The van der Waals surface area contributed by atoms with Gasteiger partial charge in [-0.1, -0.05) is 30.3 Å². The van der Waals surface area contributed by atoms with Gasteiger partial charge in [-0.2, -0.15) is 0 Å². The van der Waals surface area contributed by atoms with E-state index in [2.05, 4.69) is 34.6 Å². The Kier molecular flexibility index (Phi) is 2.30. The lowest BCUT2D eigenvalue weighted by Crippen LogP contribution is -2.30. The largest absolute Gasteiger partial charge is 0.367 e. The first kappa shape index (κ1) is 8.30. The highest BCUT2D eigenvalue weighted by molar-refractivity contribution is 5.80. The molecule has 0 radical (unpaired) electrons. The van der Waals surface area contributed by atoms with Crippen molar-refractivity contribution in [1.82, 2.24) is 5.32 Å². The summed E-state index contributed by atoms with van der Waals surface area (Å²) < 4.78 is 0. The smallest absolute Gasteiger partial charge is 0.0936 e. The van der Waals surface area contributed by atoms with E-state index in [4.69, 9.17) is 0 Å². The van der Waals surface area contributed by atoms with Gasteiger partial charge in [-0.25, -0.2) is 0 Å². The summed E-state index contributed by atoms with van der Waals surface area (Å²) in [5.74, 6) is 1.06. The zero-order chi connectivity index (χ0) is 9.10. The van der Waals surface area contributed by atoms with Gasteiger partial charge >= 0.3 is 0 Å². The predicted octanol–water partition coefficient (Wildman–Crippen LogP) is 2.14. The molecule has 1 atom stereocenters. The van der Waals surface area contributed by atoms with Crippen LogP contribution in [0.2, 0.25) is 0 Å². The van der Waals surface area contributed by atoms with Crippen LogP contribution in [0.3, 0.4) is 0 Å². The lowest BCUT2D eigenvalue weighted by molar-refractivity contribution is 0.570. The molecule has 0 bridgehead atoms. The third kappa shape index (κ3) is 1.89. The average molecular weight is 174 g/mol. The van der Waals surface area contributed by atoms with E-state index in [1.54, 1.807) is 0 Å². The molecule has 2 heteroatoms. The van der Waals surface area contributed by atoms with Gasteiger partial charge in [0, 0.05) is 6.54 Å². The normalized spacial score (nSPS) is 21.9. The quantitative estimate of drug-likeness (QED) is 0.693. The maximum Gasteiger partial charge on any atom is 0.0936 e. The molecule has 68 valence electrons. The number of nitrogens with zero attached hydrogens (tertiary/aromatic N) is 1. The van der Waals surface area contributed by atoms with E-state index in [-0.39, 0.29) is 0 Å². The van der Waals surface area contributed by atoms with Crippen LogP contribution in [0.5, 0.6) is 0 Å². The Labute approximate surface area is 78.7 Å². The Morgan fingerprint density at radius 3 is 2.77 bits per heavy atom. The highest BCUT2D eigenvalue weighted by Gasteiger charge is 2.13. The van der Waals surface area contributed by atoms with Gasteiger partial charge in [0.05, 0.1) is 11.9 Å². The van der Waals surface area contributed by atoms with Gasteiger partial charge in [0.2, 0.25) is 0 Å². The summed E-state index contributed by atoms with van der Waals surface area (Å²) in [5, 5.41) is 3.38. The molecular weight excluding hydrogens is 160 g/mol. The van der Waals surface area contributed by atoms with Crippen molar-refractivity contribution in [3.8, 4) is 0 Å². The van der Waals surface area contributed by atoms with Gasteiger partial charge in [-0.15, -0.1) is 0 Å². The predicted molar refractivity (Wildman–Crippen MR) is 54.9 cm³/mol. The number of aliphatic imine (C=N–C) groups is 1. The first-order valence-corrected chi connectivity index (χ1v) is 4.69. The number of hydrogen-bond donors (Lipinski definition) is 1. The monoisotopic (exact) mass is 174 g/mol. The minimum Gasteiger partial charge on any atom is -0.367 e. The molecule has 2 rings (SSSR count). The fourth-order valence-electron chi connectivity index (χ4n) is 1.67. The summed E-state index contributed by atoms with van der Waals surface area (Å²) in [7, 11) is 0. The molecule has 1 aromatic carbocycles. The van der Waals surface area contributed by atoms with Crippen molar-refractivity contribution < 1.29 is 0 Å². The Morgan fingerprint density at radius 1 is 1.31 bits per heavy atom. The standard InChI is InChI=1S/C11H14N2/c1-9-12-8-7-11(13-9)10-5-3-2-4-6-10/h2-6,11H,7-8H2,1H3,(H,12,13)/t11-/m1/s1. The van der Waals surface area contributed by atoms with E-state index in [0.717, 1.165) is 18.8 Å². The number of benzene rings is 1. The van der Waals surface area contributed by atoms with Gasteiger partial charge in [0.15, 0.2) is 0 Å². The van der Waals surface area contributed by atoms with Crippen LogP contribution in [0.4, 0.5) is 0 Å². The van der Waals surface area contributed by atoms with Crippen molar-refractivity contribution >= 4 is 5.84 Å². The van der Waals surface area contributed by atoms with E-state index in [1.807, 2.05) is 13.0 Å². The van der Waals surface area contributed by atoms with Crippen molar-refractivity contribution in [3.05, 3.63) is 35.9 Å². The third-order valence-electron chi connectivity index (χ3n) is 2.35. The summed E-state index contributed by atoms with van der Waals surface area (Å²) in [6.45, 7) is 2.97. The number of nitrogens with one attached hydrogen (secondary N) is 1. The van der Waals surface area contributed by atoms with Crippen LogP contribution < -0.4 is 5.32 Å². The maximum absolute atomic E-state index is 4.31. The fraction of sp³-hybridized carbons (Fsp3) is 0.364. The molecule has 0 amide bonds. The minimum absolute atomic E-state index is 0.457. The maximum atomic E-state index is 4.31. The molecule has 0 spiro atoms. The first-order chi connectivity index (χ1) is 6.36. The fourth-order valence-corrected chi connectivity index (χ4v) is 1.67. The van der Waals surface area contributed by atoms with E-state index in [0.29, 0.717) is 6.04 Å². The van der Waals surface area contributed by atoms with Crippen LogP contribution in [0, 0.1) is 0 Å². The summed E-state index contributed by atoms with van der Waals surface area (Å²) in [5.41, 5.74) is 1.36. The van der Waals surface area contributed by atoms with Crippen molar-refractivity contribution in [2.75, 3.05) is 6.54 Å². The van der Waals surface area contributed by atoms with Crippen LogP contribution in [-0.4, -0.2) is 12.4 Å². The minimum atomic E-state index is 0.457. The molecular formula is C11H14N2. The molecule has 1 heterocycles. The summed E-state index contributed by atoms with van der Waals surface area (Å²) >= 11 is 0. The topological polar surface area (TPSA) is 24.4 Å². The highest BCUT2D eigenvalue weighted by Crippen LogP contribution is 2.18. The number of amidine groups is 1. The molecule has 0 aromatic heterocycles. The Bertz CT molecular complexity index is 303. The summed E-state index contributed by atoms with van der Waals surface area (Å²) in [4.78, 5) is 4.31. The highest BCUT2D eigenvalue weighted by atomic mass is 15.0. The molecule has 0 fully saturated rings. The molecule has 2 nitrogen and oxygen atoms in total. The van der Waals surface area contributed by atoms with Crippen molar-refractivity contribution in [2.45, 2.75) is 19.4 Å². The number of rotatable bonds is 1. The van der Waals surface area contributed by atoms with Gasteiger partial charge in [0.25, 0.3) is 0 Å². The molecule has 13 heavy (non-hydrogen) atoms. The first-order valence-electron chi connectivity index (χ1n) is 4.69. The van der Waals surface area contributed by atoms with Crippen molar-refractivity contribution in [3.63, 3.8) is 0 Å². The second-order valence-electron chi connectivity index (χ2n) is 3.36. The summed E-state index contributed by atoms with van der Waals surface area (Å²) in [6, 6.07) is 11.0. The molecule has 0 saturated carbocycles. The summed E-state index contributed by atoms with van der Waals surface area (Å²) in [6.07, 6.45) is 1.10. The van der Waals surface area contributed by atoms with Crippen LogP contribution in [-0.2, 0) is 0 Å². The molecule has 0 saturated heterocycles. The van der Waals surface area contributed by atoms with Crippen LogP contribution in [0.15, 0.2) is 35.3 Å². The van der Waals surface area contributed by atoms with Crippen LogP contribution in [0.25, 0.3) is 0 Å². The lowest BCUT2D eigenvalue weighted by Gasteiger charge is -2.23. The van der Waals surface area contributed by atoms with Crippen LogP contribution in [0.1, 0.15) is 24.9 Å². The molecule has 1 aromatic rings. The zero-order valence-corrected chi connectivity index (χ0v) is 7.83. The van der Waals surface area contributed by atoms with Gasteiger partial charge in [-0.05, 0) is 18.9 Å². The van der Waals surface area contributed by atoms with E-state index >= 15 is 0 Å². The zero-order valence-electron chi connectivity index (χ0n) is 7.83. The SMILES string of the molecule is CC1=NCC[C@H](c2ccccc2)N1. The molecule has 0 aliphatic carbocycles. The number of hydrogen-bond acceptors (Lipinski definition) is 2.